The first kappa shape index (κ1) is 13.7. The molecule has 5 heteroatoms. The Labute approximate surface area is 133 Å². The van der Waals surface area contributed by atoms with E-state index < -0.39 is 0 Å². The number of rotatable bonds is 2. The number of benzene rings is 1. The lowest BCUT2D eigenvalue weighted by Crippen LogP contribution is -2.49. The predicted octanol–water partition coefficient (Wildman–Crippen LogP) is 3.16. The molecule has 1 aromatic carbocycles. The third-order valence-corrected chi connectivity index (χ3v) is 5.19. The van der Waals surface area contributed by atoms with E-state index in [-0.39, 0.29) is 0 Å². The van der Waals surface area contributed by atoms with E-state index in [0.717, 1.165) is 31.0 Å². The Morgan fingerprint density at radius 2 is 2.09 bits per heavy atom. The van der Waals surface area contributed by atoms with Gasteiger partial charge >= 0.3 is 0 Å². The van der Waals surface area contributed by atoms with Crippen molar-refractivity contribution in [2.75, 3.05) is 24.5 Å². The molecular formula is C17H18N4S. The van der Waals surface area contributed by atoms with Crippen LogP contribution >= 0.6 is 11.3 Å². The molecule has 0 aliphatic carbocycles. The van der Waals surface area contributed by atoms with Gasteiger partial charge in [0.1, 0.15) is 12.1 Å². The molecule has 0 amide bonds. The number of piperazine rings is 1. The molecule has 0 bridgehead atoms. The molecule has 1 N–H and O–H groups in total. The average Bonchev–Trinajstić information content (AvgIpc) is 3.00. The van der Waals surface area contributed by atoms with Crippen molar-refractivity contribution in [3.63, 3.8) is 0 Å². The van der Waals surface area contributed by atoms with Crippen molar-refractivity contribution in [1.82, 2.24) is 15.3 Å². The zero-order valence-corrected chi connectivity index (χ0v) is 13.3. The van der Waals surface area contributed by atoms with Crippen molar-refractivity contribution in [3.8, 4) is 10.4 Å². The fourth-order valence-corrected chi connectivity index (χ4v) is 4.07. The zero-order valence-electron chi connectivity index (χ0n) is 12.5. The van der Waals surface area contributed by atoms with E-state index in [4.69, 9.17) is 0 Å². The van der Waals surface area contributed by atoms with Gasteiger partial charge in [0.15, 0.2) is 0 Å². The van der Waals surface area contributed by atoms with E-state index >= 15 is 0 Å². The molecule has 2 aromatic heterocycles. The molecule has 1 atom stereocenters. The second kappa shape index (κ2) is 5.66. The van der Waals surface area contributed by atoms with Crippen molar-refractivity contribution in [2.45, 2.75) is 13.0 Å². The van der Waals surface area contributed by atoms with Gasteiger partial charge in [-0.25, -0.2) is 9.97 Å². The first-order valence-electron chi connectivity index (χ1n) is 7.59. The van der Waals surface area contributed by atoms with Crippen LogP contribution in [0.15, 0.2) is 42.7 Å². The van der Waals surface area contributed by atoms with Crippen LogP contribution in [0.2, 0.25) is 0 Å². The van der Waals surface area contributed by atoms with Gasteiger partial charge in [-0.2, -0.15) is 0 Å². The molecule has 3 heterocycles. The lowest BCUT2D eigenvalue weighted by Gasteiger charge is -2.32. The average molecular weight is 310 g/mol. The lowest BCUT2D eigenvalue weighted by atomic mass is 10.2. The molecule has 112 valence electrons. The molecule has 1 fully saturated rings. The van der Waals surface area contributed by atoms with E-state index in [1.165, 1.54) is 15.1 Å². The Morgan fingerprint density at radius 3 is 2.91 bits per heavy atom. The van der Waals surface area contributed by atoms with Crippen molar-refractivity contribution >= 4 is 27.4 Å². The van der Waals surface area contributed by atoms with Crippen LogP contribution in [-0.4, -0.2) is 35.6 Å². The van der Waals surface area contributed by atoms with Gasteiger partial charge in [-0.1, -0.05) is 30.3 Å². The molecule has 0 spiro atoms. The van der Waals surface area contributed by atoms with E-state index in [0.29, 0.717) is 6.04 Å². The maximum Gasteiger partial charge on any atom is 0.150 e. The molecule has 22 heavy (non-hydrogen) atoms. The minimum absolute atomic E-state index is 0.493. The minimum atomic E-state index is 0.493. The standard InChI is InChI=1S/C17H18N4S/c1-12-10-21(8-7-18-12)17-16-14(19-11-20-17)9-15(22-16)13-5-3-2-4-6-13/h2-6,9,11-12,18H,7-8,10H2,1H3/t12-/m1/s1. The zero-order chi connectivity index (χ0) is 14.9. The molecule has 1 aliphatic rings. The van der Waals surface area contributed by atoms with Crippen molar-refractivity contribution in [2.24, 2.45) is 0 Å². The van der Waals surface area contributed by atoms with E-state index in [9.17, 15) is 0 Å². The summed E-state index contributed by atoms with van der Waals surface area (Å²) in [7, 11) is 0. The number of hydrogen-bond donors (Lipinski definition) is 1. The van der Waals surface area contributed by atoms with Gasteiger partial charge in [0.05, 0.1) is 10.2 Å². The highest BCUT2D eigenvalue weighted by atomic mass is 32.1. The highest BCUT2D eigenvalue weighted by Crippen LogP contribution is 2.36. The topological polar surface area (TPSA) is 41.1 Å². The third kappa shape index (κ3) is 2.46. The molecule has 0 unspecified atom stereocenters. The Hall–Kier alpha value is -1.98. The van der Waals surface area contributed by atoms with Crippen LogP contribution in [0.1, 0.15) is 6.92 Å². The summed E-state index contributed by atoms with van der Waals surface area (Å²) >= 11 is 1.78. The Kier molecular flexibility index (Phi) is 3.52. The summed E-state index contributed by atoms with van der Waals surface area (Å²) in [6.07, 6.45) is 1.69. The molecular weight excluding hydrogens is 292 g/mol. The van der Waals surface area contributed by atoms with Gasteiger partial charge in [0, 0.05) is 30.6 Å². The van der Waals surface area contributed by atoms with Gasteiger partial charge in [-0.05, 0) is 18.6 Å². The number of nitrogens with zero attached hydrogens (tertiary/aromatic N) is 3. The second-order valence-corrected chi connectivity index (χ2v) is 6.74. The second-order valence-electron chi connectivity index (χ2n) is 5.69. The summed E-state index contributed by atoms with van der Waals surface area (Å²) in [4.78, 5) is 12.7. The fourth-order valence-electron chi connectivity index (χ4n) is 2.94. The summed E-state index contributed by atoms with van der Waals surface area (Å²) in [6, 6.07) is 13.1. The van der Waals surface area contributed by atoms with Crippen LogP contribution in [0.5, 0.6) is 0 Å². The summed E-state index contributed by atoms with van der Waals surface area (Å²) in [6.45, 7) is 5.21. The number of thiophene rings is 1. The number of hydrogen-bond acceptors (Lipinski definition) is 5. The molecule has 3 aromatic rings. The smallest absolute Gasteiger partial charge is 0.150 e. The van der Waals surface area contributed by atoms with Crippen LogP contribution in [0.4, 0.5) is 5.82 Å². The Balaban J connectivity index is 1.78. The van der Waals surface area contributed by atoms with Crippen molar-refractivity contribution in [3.05, 3.63) is 42.7 Å². The Morgan fingerprint density at radius 1 is 1.23 bits per heavy atom. The van der Waals surface area contributed by atoms with E-state index in [1.807, 2.05) is 6.07 Å². The van der Waals surface area contributed by atoms with Crippen LogP contribution in [0.3, 0.4) is 0 Å². The summed E-state index contributed by atoms with van der Waals surface area (Å²) in [5.41, 5.74) is 2.28. The normalized spacial score (nSPS) is 18.8. The van der Waals surface area contributed by atoms with E-state index in [2.05, 4.69) is 57.4 Å². The first-order chi connectivity index (χ1) is 10.8. The molecule has 0 radical (unpaired) electrons. The molecule has 4 nitrogen and oxygen atoms in total. The van der Waals surface area contributed by atoms with Crippen molar-refractivity contribution in [1.29, 1.82) is 0 Å². The predicted molar refractivity (Wildman–Crippen MR) is 92.5 cm³/mol. The van der Waals surface area contributed by atoms with Crippen LogP contribution in [0, 0.1) is 0 Å². The van der Waals surface area contributed by atoms with Crippen molar-refractivity contribution < 1.29 is 0 Å². The largest absolute Gasteiger partial charge is 0.353 e. The summed E-state index contributed by atoms with van der Waals surface area (Å²) < 4.78 is 1.19. The maximum atomic E-state index is 4.57. The monoisotopic (exact) mass is 310 g/mol. The van der Waals surface area contributed by atoms with Crippen LogP contribution in [-0.2, 0) is 0 Å². The van der Waals surface area contributed by atoms with Gasteiger partial charge < -0.3 is 10.2 Å². The van der Waals surface area contributed by atoms with Gasteiger partial charge in [0.25, 0.3) is 0 Å². The highest BCUT2D eigenvalue weighted by Gasteiger charge is 2.20. The molecule has 0 saturated carbocycles. The molecule has 1 saturated heterocycles. The third-order valence-electron chi connectivity index (χ3n) is 4.02. The van der Waals surface area contributed by atoms with Gasteiger partial charge in [-0.3, -0.25) is 0 Å². The lowest BCUT2D eigenvalue weighted by molar-refractivity contribution is 0.483. The SMILES string of the molecule is C[C@@H]1CN(c2ncnc3cc(-c4ccccc4)sc23)CCN1. The number of fused-ring (bicyclic) bond motifs is 1. The number of nitrogens with one attached hydrogen (secondary N) is 1. The van der Waals surface area contributed by atoms with Gasteiger partial charge in [0.2, 0.25) is 0 Å². The highest BCUT2D eigenvalue weighted by molar-refractivity contribution is 7.22. The van der Waals surface area contributed by atoms with Crippen LogP contribution < -0.4 is 10.2 Å². The molecule has 4 rings (SSSR count). The quantitative estimate of drug-likeness (QED) is 0.789. The first-order valence-corrected chi connectivity index (χ1v) is 8.41. The Bertz CT molecular complexity index is 784. The van der Waals surface area contributed by atoms with E-state index in [1.54, 1.807) is 17.7 Å². The molecule has 1 aliphatic heterocycles. The minimum Gasteiger partial charge on any atom is -0.353 e. The maximum absolute atomic E-state index is 4.57. The summed E-state index contributed by atoms with van der Waals surface area (Å²) in [5.74, 6) is 1.07. The number of aromatic nitrogens is 2. The van der Waals surface area contributed by atoms with Crippen LogP contribution in [0.25, 0.3) is 20.7 Å². The fraction of sp³-hybridized carbons (Fsp3) is 0.294. The summed E-state index contributed by atoms with van der Waals surface area (Å²) in [5, 5.41) is 3.48. The van der Waals surface area contributed by atoms with Gasteiger partial charge in [-0.15, -0.1) is 11.3 Å². The number of anilines is 1.